The van der Waals surface area contributed by atoms with Crippen LogP contribution in [-0.2, 0) is 14.3 Å². The predicted molar refractivity (Wildman–Crippen MR) is 103 cm³/mol. The molecule has 0 bridgehead atoms. The lowest BCUT2D eigenvalue weighted by molar-refractivity contribution is -0.138. The van der Waals surface area contributed by atoms with Crippen molar-refractivity contribution in [3.63, 3.8) is 0 Å². The maximum atomic E-state index is 12.4. The van der Waals surface area contributed by atoms with Crippen molar-refractivity contribution in [2.24, 2.45) is 0 Å². The van der Waals surface area contributed by atoms with Gasteiger partial charge in [-0.3, -0.25) is 4.79 Å². The first-order valence-corrected chi connectivity index (χ1v) is 10.1. The van der Waals surface area contributed by atoms with Gasteiger partial charge in [-0.25, -0.2) is 0 Å². The zero-order valence-corrected chi connectivity index (χ0v) is 15.7. The standard InChI is InChI=1S/C19H25N3O3S/c23-18(14-24-13-15-5-3-4-12-25-15)21-8-10-22(11-9-21)19-16-6-1-2-7-17(16)26-20-19/h1-2,6-7,15H,3-5,8-14H2/t15-/m1/s1. The van der Waals surface area contributed by atoms with Crippen molar-refractivity contribution < 1.29 is 14.3 Å². The number of hydrogen-bond acceptors (Lipinski definition) is 6. The molecule has 2 aliphatic heterocycles. The second-order valence-corrected chi connectivity index (χ2v) is 7.68. The van der Waals surface area contributed by atoms with E-state index in [4.69, 9.17) is 9.47 Å². The molecule has 2 aliphatic rings. The van der Waals surface area contributed by atoms with E-state index in [0.29, 0.717) is 19.7 Å². The van der Waals surface area contributed by atoms with E-state index in [9.17, 15) is 4.79 Å². The van der Waals surface area contributed by atoms with E-state index in [-0.39, 0.29) is 18.6 Å². The van der Waals surface area contributed by atoms with Gasteiger partial charge in [-0.15, -0.1) is 0 Å². The van der Waals surface area contributed by atoms with Gasteiger partial charge in [0, 0.05) is 38.2 Å². The Hall–Kier alpha value is -1.70. The van der Waals surface area contributed by atoms with Crippen LogP contribution in [0.2, 0.25) is 0 Å². The maximum absolute atomic E-state index is 12.4. The second-order valence-electron chi connectivity index (χ2n) is 6.87. The smallest absolute Gasteiger partial charge is 0.248 e. The van der Waals surface area contributed by atoms with Gasteiger partial charge in [0.05, 0.1) is 17.4 Å². The van der Waals surface area contributed by atoms with Gasteiger partial charge in [0.2, 0.25) is 5.91 Å². The molecule has 0 N–H and O–H groups in total. The highest BCUT2D eigenvalue weighted by Crippen LogP contribution is 2.29. The van der Waals surface area contributed by atoms with Gasteiger partial charge in [-0.05, 0) is 42.9 Å². The number of aromatic nitrogens is 1. The van der Waals surface area contributed by atoms with Crippen molar-refractivity contribution >= 4 is 33.3 Å². The molecule has 2 aromatic rings. The Labute approximate surface area is 157 Å². The second kappa shape index (κ2) is 8.33. The summed E-state index contributed by atoms with van der Waals surface area (Å²) in [4.78, 5) is 16.5. The fourth-order valence-corrected chi connectivity index (χ4v) is 4.37. The third-order valence-corrected chi connectivity index (χ3v) is 5.91. The van der Waals surface area contributed by atoms with Crippen LogP contribution in [0.4, 0.5) is 5.82 Å². The van der Waals surface area contributed by atoms with Gasteiger partial charge >= 0.3 is 0 Å². The molecule has 2 saturated heterocycles. The topological polar surface area (TPSA) is 54.9 Å². The van der Waals surface area contributed by atoms with Crippen molar-refractivity contribution in [1.29, 1.82) is 0 Å². The molecule has 0 aliphatic carbocycles. The number of anilines is 1. The van der Waals surface area contributed by atoms with Crippen molar-refractivity contribution in [2.45, 2.75) is 25.4 Å². The van der Waals surface area contributed by atoms with Gasteiger partial charge in [0.15, 0.2) is 0 Å². The minimum Gasteiger partial charge on any atom is -0.376 e. The predicted octanol–water partition coefficient (Wildman–Crippen LogP) is 2.53. The van der Waals surface area contributed by atoms with Crippen LogP contribution in [0.1, 0.15) is 19.3 Å². The highest BCUT2D eigenvalue weighted by molar-refractivity contribution is 7.13. The Balaban J connectivity index is 1.24. The Bertz CT molecular complexity index is 736. The lowest BCUT2D eigenvalue weighted by Gasteiger charge is -2.35. The fraction of sp³-hybridized carbons (Fsp3) is 0.579. The molecule has 6 nitrogen and oxygen atoms in total. The zero-order chi connectivity index (χ0) is 17.8. The number of nitrogens with zero attached hydrogens (tertiary/aromatic N) is 3. The molecule has 3 heterocycles. The summed E-state index contributed by atoms with van der Waals surface area (Å²) in [6, 6.07) is 8.31. The summed E-state index contributed by atoms with van der Waals surface area (Å²) in [5, 5.41) is 1.20. The van der Waals surface area contributed by atoms with Crippen LogP contribution in [0.25, 0.3) is 10.1 Å². The number of benzene rings is 1. The van der Waals surface area contributed by atoms with Gasteiger partial charge in [0.1, 0.15) is 12.4 Å². The number of amides is 1. The van der Waals surface area contributed by atoms with Crippen LogP contribution >= 0.6 is 11.5 Å². The average molecular weight is 375 g/mol. The number of rotatable bonds is 5. The first-order valence-electron chi connectivity index (χ1n) is 9.38. The third-order valence-electron chi connectivity index (χ3n) is 5.09. The van der Waals surface area contributed by atoms with E-state index in [1.165, 1.54) is 28.0 Å². The molecule has 2 fully saturated rings. The lowest BCUT2D eigenvalue weighted by Crippen LogP contribution is -2.50. The summed E-state index contributed by atoms with van der Waals surface area (Å²) in [5.41, 5.74) is 0. The van der Waals surface area contributed by atoms with Crippen LogP contribution in [0.3, 0.4) is 0 Å². The quantitative estimate of drug-likeness (QED) is 0.804. The van der Waals surface area contributed by atoms with Gasteiger partial charge in [0.25, 0.3) is 0 Å². The number of piperazine rings is 1. The third kappa shape index (κ3) is 4.00. The number of carbonyl (C=O) groups is 1. The Morgan fingerprint density at radius 3 is 2.88 bits per heavy atom. The summed E-state index contributed by atoms with van der Waals surface area (Å²) < 4.78 is 17.1. The van der Waals surface area contributed by atoms with Crippen molar-refractivity contribution in [1.82, 2.24) is 9.27 Å². The SMILES string of the molecule is O=C(COC[C@H]1CCCCO1)N1CCN(c2nsc3ccccc23)CC1. The first kappa shape index (κ1) is 17.7. The highest BCUT2D eigenvalue weighted by atomic mass is 32.1. The molecule has 1 aromatic carbocycles. The molecule has 26 heavy (non-hydrogen) atoms. The number of fused-ring (bicyclic) bond motifs is 1. The first-order chi connectivity index (χ1) is 12.8. The summed E-state index contributed by atoms with van der Waals surface area (Å²) in [7, 11) is 0. The minimum atomic E-state index is 0.0728. The van der Waals surface area contributed by atoms with E-state index < -0.39 is 0 Å². The Kier molecular flexibility index (Phi) is 5.67. The number of ether oxygens (including phenoxy) is 2. The van der Waals surface area contributed by atoms with Crippen LogP contribution < -0.4 is 4.90 Å². The van der Waals surface area contributed by atoms with E-state index >= 15 is 0 Å². The van der Waals surface area contributed by atoms with Crippen molar-refractivity contribution in [3.05, 3.63) is 24.3 Å². The lowest BCUT2D eigenvalue weighted by atomic mass is 10.1. The van der Waals surface area contributed by atoms with Gasteiger partial charge in [-0.2, -0.15) is 4.37 Å². The molecule has 1 aromatic heterocycles. The molecule has 0 radical (unpaired) electrons. The van der Waals surface area contributed by atoms with Crippen LogP contribution in [-0.4, -0.2) is 67.3 Å². The monoisotopic (exact) mass is 375 g/mol. The molecule has 1 atom stereocenters. The molecule has 0 unspecified atom stereocenters. The van der Waals surface area contributed by atoms with E-state index in [1.54, 1.807) is 0 Å². The largest absolute Gasteiger partial charge is 0.376 e. The van der Waals surface area contributed by atoms with Crippen LogP contribution in [0, 0.1) is 0 Å². The maximum Gasteiger partial charge on any atom is 0.248 e. The zero-order valence-electron chi connectivity index (χ0n) is 14.9. The van der Waals surface area contributed by atoms with Crippen molar-refractivity contribution in [3.8, 4) is 0 Å². The van der Waals surface area contributed by atoms with Crippen LogP contribution in [0.5, 0.6) is 0 Å². The molecule has 140 valence electrons. The van der Waals surface area contributed by atoms with E-state index in [2.05, 4.69) is 21.4 Å². The summed E-state index contributed by atoms with van der Waals surface area (Å²) in [6.45, 7) is 4.55. The molecule has 0 saturated carbocycles. The highest BCUT2D eigenvalue weighted by Gasteiger charge is 2.24. The van der Waals surface area contributed by atoms with E-state index in [0.717, 1.165) is 38.4 Å². The van der Waals surface area contributed by atoms with E-state index in [1.807, 2.05) is 17.0 Å². The molecular formula is C19H25N3O3S. The molecular weight excluding hydrogens is 350 g/mol. The molecule has 7 heteroatoms. The minimum absolute atomic E-state index is 0.0728. The molecule has 1 amide bonds. The Morgan fingerprint density at radius 1 is 1.23 bits per heavy atom. The summed E-state index contributed by atoms with van der Waals surface area (Å²) >= 11 is 1.54. The number of hydrogen-bond donors (Lipinski definition) is 0. The van der Waals surface area contributed by atoms with Gasteiger partial charge in [-0.1, -0.05) is 12.1 Å². The molecule has 0 spiro atoms. The van der Waals surface area contributed by atoms with Crippen molar-refractivity contribution in [2.75, 3.05) is 50.9 Å². The summed E-state index contributed by atoms with van der Waals surface area (Å²) in [5.74, 6) is 1.12. The Morgan fingerprint density at radius 2 is 2.08 bits per heavy atom. The molecule has 4 rings (SSSR count). The fourth-order valence-electron chi connectivity index (χ4n) is 3.58. The normalized spacial score (nSPS) is 21.3. The summed E-state index contributed by atoms with van der Waals surface area (Å²) in [6.07, 6.45) is 3.52. The average Bonchev–Trinajstić information content (AvgIpc) is 3.13. The number of carbonyl (C=O) groups excluding carboxylic acids is 1. The van der Waals surface area contributed by atoms with Gasteiger partial charge < -0.3 is 19.3 Å². The van der Waals surface area contributed by atoms with Crippen LogP contribution in [0.15, 0.2) is 24.3 Å².